The summed E-state index contributed by atoms with van der Waals surface area (Å²) in [4.78, 5) is 0. The average Bonchev–Trinajstić information content (AvgIpc) is 2.73. The van der Waals surface area contributed by atoms with Crippen LogP contribution in [-0.2, 0) is 6.18 Å². The molecule has 0 aliphatic carbocycles. The van der Waals surface area contributed by atoms with Crippen LogP contribution in [0.25, 0.3) is 0 Å². The van der Waals surface area contributed by atoms with E-state index in [4.69, 9.17) is 5.73 Å². The molecule has 0 radical (unpaired) electrons. The lowest BCUT2D eigenvalue weighted by Crippen LogP contribution is -2.12. The van der Waals surface area contributed by atoms with E-state index in [9.17, 15) is 13.2 Å². The molecule has 2 aromatic rings. The summed E-state index contributed by atoms with van der Waals surface area (Å²) in [6.45, 7) is 0. The first-order chi connectivity index (χ1) is 8.39. The number of rotatable bonds is 2. The predicted octanol–water partition coefficient (Wildman–Crippen LogP) is 4.58. The Labute approximate surface area is 115 Å². The first kappa shape index (κ1) is 13.6. The SMILES string of the molecule is NC(c1ccc(C(F)(F)F)cc1)c1cscc1Br. The lowest BCUT2D eigenvalue weighted by molar-refractivity contribution is -0.137. The van der Waals surface area contributed by atoms with E-state index in [-0.39, 0.29) is 0 Å². The second kappa shape index (κ2) is 5.03. The van der Waals surface area contributed by atoms with Crippen molar-refractivity contribution in [2.45, 2.75) is 12.2 Å². The minimum absolute atomic E-state index is 0.423. The zero-order valence-corrected chi connectivity index (χ0v) is 11.4. The maximum absolute atomic E-state index is 12.4. The Morgan fingerprint density at radius 3 is 2.17 bits per heavy atom. The van der Waals surface area contributed by atoms with E-state index in [1.165, 1.54) is 23.5 Å². The molecule has 0 fully saturated rings. The van der Waals surface area contributed by atoms with Crippen molar-refractivity contribution in [2.75, 3.05) is 0 Å². The fourth-order valence-electron chi connectivity index (χ4n) is 1.57. The highest BCUT2D eigenvalue weighted by Crippen LogP contribution is 2.33. The highest BCUT2D eigenvalue weighted by molar-refractivity contribution is 9.10. The summed E-state index contributed by atoms with van der Waals surface area (Å²) < 4.78 is 38.1. The average molecular weight is 336 g/mol. The number of hydrogen-bond donors (Lipinski definition) is 1. The van der Waals surface area contributed by atoms with Crippen LogP contribution in [0.2, 0.25) is 0 Å². The van der Waals surface area contributed by atoms with Crippen molar-refractivity contribution in [3.8, 4) is 0 Å². The van der Waals surface area contributed by atoms with Crippen LogP contribution in [0, 0.1) is 0 Å². The molecule has 0 aliphatic rings. The van der Waals surface area contributed by atoms with Gasteiger partial charge in [0, 0.05) is 9.85 Å². The van der Waals surface area contributed by atoms with Crippen molar-refractivity contribution >= 4 is 27.3 Å². The number of thiophene rings is 1. The molecule has 6 heteroatoms. The summed E-state index contributed by atoms with van der Waals surface area (Å²) in [5, 5.41) is 3.77. The van der Waals surface area contributed by atoms with Gasteiger partial charge in [-0.2, -0.15) is 24.5 Å². The van der Waals surface area contributed by atoms with Crippen molar-refractivity contribution in [3.05, 3.63) is 56.2 Å². The topological polar surface area (TPSA) is 26.0 Å². The Morgan fingerprint density at radius 2 is 1.72 bits per heavy atom. The van der Waals surface area contributed by atoms with Gasteiger partial charge in [0.1, 0.15) is 0 Å². The molecule has 0 amide bonds. The summed E-state index contributed by atoms with van der Waals surface area (Å²) in [5.74, 6) is 0. The Kier molecular flexibility index (Phi) is 3.79. The number of alkyl halides is 3. The van der Waals surface area contributed by atoms with Crippen molar-refractivity contribution in [3.63, 3.8) is 0 Å². The third kappa shape index (κ3) is 2.76. The molecule has 0 aliphatic heterocycles. The highest BCUT2D eigenvalue weighted by atomic mass is 79.9. The van der Waals surface area contributed by atoms with Gasteiger partial charge >= 0.3 is 6.18 Å². The number of nitrogens with two attached hydrogens (primary N) is 1. The van der Waals surface area contributed by atoms with E-state index in [0.717, 1.165) is 22.2 Å². The normalized spacial score (nSPS) is 13.6. The first-order valence-electron chi connectivity index (χ1n) is 5.04. The molecule has 1 aromatic carbocycles. The van der Waals surface area contributed by atoms with Gasteiger partial charge in [0.2, 0.25) is 0 Å². The summed E-state index contributed by atoms with van der Waals surface area (Å²) in [5.41, 5.74) is 6.88. The van der Waals surface area contributed by atoms with E-state index < -0.39 is 17.8 Å². The molecule has 1 atom stereocenters. The van der Waals surface area contributed by atoms with Crippen LogP contribution in [0.1, 0.15) is 22.7 Å². The van der Waals surface area contributed by atoms with Gasteiger partial charge in [-0.15, -0.1) is 0 Å². The van der Waals surface area contributed by atoms with E-state index in [2.05, 4.69) is 15.9 Å². The van der Waals surface area contributed by atoms with Gasteiger partial charge in [0.05, 0.1) is 11.6 Å². The minimum Gasteiger partial charge on any atom is -0.320 e. The van der Waals surface area contributed by atoms with Crippen molar-refractivity contribution in [1.82, 2.24) is 0 Å². The van der Waals surface area contributed by atoms with Gasteiger partial charge in [-0.25, -0.2) is 0 Å². The van der Waals surface area contributed by atoms with Gasteiger partial charge < -0.3 is 5.73 Å². The number of benzene rings is 1. The van der Waals surface area contributed by atoms with E-state index in [1.54, 1.807) is 0 Å². The van der Waals surface area contributed by atoms with Crippen molar-refractivity contribution in [1.29, 1.82) is 0 Å². The Bertz CT molecular complexity index is 533. The van der Waals surface area contributed by atoms with Crippen LogP contribution < -0.4 is 5.73 Å². The Morgan fingerprint density at radius 1 is 1.11 bits per heavy atom. The van der Waals surface area contributed by atoms with E-state index in [1.807, 2.05) is 10.8 Å². The number of hydrogen-bond acceptors (Lipinski definition) is 2. The first-order valence-corrected chi connectivity index (χ1v) is 6.77. The van der Waals surface area contributed by atoms with Crippen LogP contribution in [0.3, 0.4) is 0 Å². The van der Waals surface area contributed by atoms with Crippen LogP contribution >= 0.6 is 27.3 Å². The fourth-order valence-corrected chi connectivity index (χ4v) is 3.15. The largest absolute Gasteiger partial charge is 0.416 e. The maximum Gasteiger partial charge on any atom is 0.416 e. The molecule has 0 saturated heterocycles. The molecular formula is C12H9BrF3NS. The zero-order valence-electron chi connectivity index (χ0n) is 9.04. The van der Waals surface area contributed by atoms with Crippen molar-refractivity contribution in [2.24, 2.45) is 5.73 Å². The van der Waals surface area contributed by atoms with Crippen LogP contribution in [0.5, 0.6) is 0 Å². The molecule has 0 spiro atoms. The predicted molar refractivity (Wildman–Crippen MR) is 69.5 cm³/mol. The van der Waals surface area contributed by atoms with Gasteiger partial charge in [0.15, 0.2) is 0 Å². The molecule has 0 saturated carbocycles. The van der Waals surface area contributed by atoms with Gasteiger partial charge in [-0.3, -0.25) is 0 Å². The lowest BCUT2D eigenvalue weighted by atomic mass is 10.0. The molecular weight excluding hydrogens is 327 g/mol. The highest BCUT2D eigenvalue weighted by Gasteiger charge is 2.30. The monoisotopic (exact) mass is 335 g/mol. The minimum atomic E-state index is -4.31. The van der Waals surface area contributed by atoms with Crippen molar-refractivity contribution < 1.29 is 13.2 Å². The molecule has 1 heterocycles. The van der Waals surface area contributed by atoms with Gasteiger partial charge in [0.25, 0.3) is 0 Å². The second-order valence-electron chi connectivity index (χ2n) is 3.77. The number of halogens is 4. The third-order valence-corrected chi connectivity index (χ3v) is 4.33. The van der Waals surface area contributed by atoms with Gasteiger partial charge in [-0.05, 0) is 44.6 Å². The summed E-state index contributed by atoms with van der Waals surface area (Å²) >= 11 is 4.85. The fraction of sp³-hybridized carbons (Fsp3) is 0.167. The maximum atomic E-state index is 12.4. The molecule has 1 aromatic heterocycles. The molecule has 2 N–H and O–H groups in total. The molecule has 0 bridgehead atoms. The van der Waals surface area contributed by atoms with Gasteiger partial charge in [-0.1, -0.05) is 12.1 Å². The standard InChI is InChI=1S/C12H9BrF3NS/c13-10-6-18-5-9(10)11(17)7-1-3-8(4-2-7)12(14,15)16/h1-6,11H,17H2. The molecule has 1 unspecified atom stereocenters. The summed E-state index contributed by atoms with van der Waals surface area (Å²) in [6.07, 6.45) is -4.31. The Hall–Kier alpha value is -0.850. The zero-order chi connectivity index (χ0) is 13.3. The summed E-state index contributed by atoms with van der Waals surface area (Å²) in [6, 6.07) is 4.51. The van der Waals surface area contributed by atoms with Crippen LogP contribution in [0.4, 0.5) is 13.2 Å². The molecule has 96 valence electrons. The quantitative estimate of drug-likeness (QED) is 0.854. The van der Waals surface area contributed by atoms with Crippen LogP contribution in [0.15, 0.2) is 39.5 Å². The lowest BCUT2D eigenvalue weighted by Gasteiger charge is -2.13. The molecule has 1 nitrogen and oxygen atoms in total. The third-order valence-electron chi connectivity index (χ3n) is 2.57. The molecule has 2 rings (SSSR count). The molecule has 18 heavy (non-hydrogen) atoms. The Balaban J connectivity index is 2.28. The summed E-state index contributed by atoms with van der Waals surface area (Å²) in [7, 11) is 0. The second-order valence-corrected chi connectivity index (χ2v) is 5.37. The smallest absolute Gasteiger partial charge is 0.320 e. The van der Waals surface area contributed by atoms with Crippen LogP contribution in [-0.4, -0.2) is 0 Å². The van der Waals surface area contributed by atoms with E-state index >= 15 is 0 Å². The van der Waals surface area contributed by atoms with E-state index in [0.29, 0.717) is 5.56 Å².